The summed E-state index contributed by atoms with van der Waals surface area (Å²) in [5.74, 6) is -2.63. The monoisotopic (exact) mass is 390 g/mol. The smallest absolute Gasteiger partial charge is 0.264 e. The molecule has 0 saturated carbocycles. The van der Waals surface area contributed by atoms with Gasteiger partial charge in [0.25, 0.3) is 15.9 Å². The highest BCUT2D eigenvalue weighted by molar-refractivity contribution is 7.89. The topological polar surface area (TPSA) is 75.7 Å². The molecule has 2 aromatic rings. The molecule has 0 atom stereocenters. The van der Waals surface area contributed by atoms with Gasteiger partial charge in [-0.2, -0.15) is 0 Å². The first-order chi connectivity index (χ1) is 11.7. The third-order valence-electron chi connectivity index (χ3n) is 3.26. The molecule has 6 nitrogen and oxygen atoms in total. The highest BCUT2D eigenvalue weighted by atomic mass is 35.5. The SMILES string of the molecule is CON(C)S(=O)(=O)c1ccc(Cl)c(C(=O)Nc2ccc(F)cc2F)c1. The summed E-state index contributed by atoms with van der Waals surface area (Å²) in [5, 5.41) is 2.17. The zero-order valence-corrected chi connectivity index (χ0v) is 14.7. The lowest BCUT2D eigenvalue weighted by Crippen LogP contribution is -2.26. The Morgan fingerprint density at radius 3 is 2.48 bits per heavy atom. The predicted molar refractivity (Wildman–Crippen MR) is 87.7 cm³/mol. The summed E-state index contributed by atoms with van der Waals surface area (Å²) in [6.45, 7) is 0. The van der Waals surface area contributed by atoms with Crippen LogP contribution in [0.15, 0.2) is 41.3 Å². The minimum Gasteiger partial charge on any atom is -0.319 e. The molecule has 1 N–H and O–H groups in total. The van der Waals surface area contributed by atoms with Crippen LogP contribution in [-0.4, -0.2) is 33.0 Å². The molecule has 0 aromatic heterocycles. The average molecular weight is 391 g/mol. The van der Waals surface area contributed by atoms with Crippen LogP contribution in [0.1, 0.15) is 10.4 Å². The zero-order chi connectivity index (χ0) is 18.8. The minimum atomic E-state index is -4.00. The maximum atomic E-state index is 13.6. The third kappa shape index (κ3) is 4.13. The molecule has 0 aliphatic rings. The number of hydrogen-bond donors (Lipinski definition) is 1. The molecule has 0 spiro atoms. The number of hydrogen-bond acceptors (Lipinski definition) is 4. The number of halogens is 3. The van der Waals surface area contributed by atoms with Crippen molar-refractivity contribution < 1.29 is 26.8 Å². The molecule has 0 aliphatic carbocycles. The maximum absolute atomic E-state index is 13.6. The average Bonchev–Trinajstić information content (AvgIpc) is 2.56. The van der Waals surface area contributed by atoms with Crippen molar-refractivity contribution in [2.24, 2.45) is 0 Å². The summed E-state index contributed by atoms with van der Waals surface area (Å²) >= 11 is 5.93. The van der Waals surface area contributed by atoms with Gasteiger partial charge in [0, 0.05) is 13.1 Å². The van der Waals surface area contributed by atoms with E-state index in [1.807, 2.05) is 0 Å². The highest BCUT2D eigenvalue weighted by Gasteiger charge is 2.23. The molecule has 1 amide bonds. The lowest BCUT2D eigenvalue weighted by Gasteiger charge is -2.15. The Balaban J connectivity index is 2.38. The second-order valence-electron chi connectivity index (χ2n) is 4.82. The van der Waals surface area contributed by atoms with E-state index in [-0.39, 0.29) is 21.2 Å². The molecular formula is C15H13ClF2N2O4S. The summed E-state index contributed by atoms with van der Waals surface area (Å²) in [4.78, 5) is 16.7. The van der Waals surface area contributed by atoms with Crippen molar-refractivity contribution in [2.45, 2.75) is 4.90 Å². The minimum absolute atomic E-state index is 0.0426. The molecule has 25 heavy (non-hydrogen) atoms. The fourth-order valence-corrected chi connectivity index (χ4v) is 3.07. The van der Waals surface area contributed by atoms with E-state index in [2.05, 4.69) is 10.2 Å². The van der Waals surface area contributed by atoms with Gasteiger partial charge >= 0.3 is 0 Å². The van der Waals surface area contributed by atoms with Gasteiger partial charge in [0.1, 0.15) is 11.6 Å². The van der Waals surface area contributed by atoms with E-state index in [4.69, 9.17) is 11.6 Å². The van der Waals surface area contributed by atoms with Crippen molar-refractivity contribution in [3.8, 4) is 0 Å². The Morgan fingerprint density at radius 2 is 1.88 bits per heavy atom. The predicted octanol–water partition coefficient (Wildman–Crippen LogP) is 3.05. The van der Waals surface area contributed by atoms with Crippen LogP contribution in [0.25, 0.3) is 0 Å². The standard InChI is InChI=1S/C15H13ClF2N2O4S/c1-20(24-2)25(22,23)10-4-5-12(16)11(8-10)15(21)19-14-6-3-9(17)7-13(14)18/h3-8H,1-2H3,(H,19,21). The molecule has 0 saturated heterocycles. The lowest BCUT2D eigenvalue weighted by atomic mass is 10.2. The van der Waals surface area contributed by atoms with E-state index < -0.39 is 27.6 Å². The molecule has 0 heterocycles. The summed E-state index contributed by atoms with van der Waals surface area (Å²) in [7, 11) is -1.66. The van der Waals surface area contributed by atoms with Crippen LogP contribution in [0, 0.1) is 11.6 Å². The van der Waals surface area contributed by atoms with Gasteiger partial charge in [0.05, 0.1) is 28.3 Å². The van der Waals surface area contributed by atoms with E-state index in [9.17, 15) is 22.0 Å². The molecule has 2 rings (SSSR count). The molecule has 0 aliphatic heterocycles. The highest BCUT2D eigenvalue weighted by Crippen LogP contribution is 2.24. The maximum Gasteiger partial charge on any atom is 0.264 e. The van der Waals surface area contributed by atoms with E-state index in [1.54, 1.807) is 0 Å². The quantitative estimate of drug-likeness (QED) is 0.796. The fourth-order valence-electron chi connectivity index (χ4n) is 1.87. The van der Waals surface area contributed by atoms with Crippen molar-refractivity contribution in [3.63, 3.8) is 0 Å². The number of hydroxylamine groups is 1. The third-order valence-corrected chi connectivity index (χ3v) is 5.26. The zero-order valence-electron chi connectivity index (χ0n) is 13.1. The molecule has 134 valence electrons. The first kappa shape index (κ1) is 19.3. The van der Waals surface area contributed by atoms with Crippen molar-refractivity contribution in [3.05, 3.63) is 58.6 Å². The Labute approximate surface area is 148 Å². The number of carbonyl (C=O) groups is 1. The van der Waals surface area contributed by atoms with Gasteiger partial charge in [-0.15, -0.1) is 0 Å². The largest absolute Gasteiger partial charge is 0.319 e. The van der Waals surface area contributed by atoms with Gasteiger partial charge in [0.2, 0.25) is 0 Å². The van der Waals surface area contributed by atoms with E-state index >= 15 is 0 Å². The Hall–Kier alpha value is -2.07. The number of benzene rings is 2. The number of rotatable bonds is 5. The lowest BCUT2D eigenvalue weighted by molar-refractivity contribution is -0.0258. The van der Waals surface area contributed by atoms with Crippen LogP contribution in [0.4, 0.5) is 14.5 Å². The van der Waals surface area contributed by atoms with Crippen molar-refractivity contribution in [2.75, 3.05) is 19.5 Å². The Kier molecular flexibility index (Phi) is 5.73. The number of amides is 1. The number of sulfonamides is 1. The van der Waals surface area contributed by atoms with Gasteiger partial charge in [0.15, 0.2) is 0 Å². The molecule has 10 heteroatoms. The van der Waals surface area contributed by atoms with Crippen LogP contribution in [0.3, 0.4) is 0 Å². The number of nitrogens with zero attached hydrogens (tertiary/aromatic N) is 1. The summed E-state index contributed by atoms with van der Waals surface area (Å²) in [6.07, 6.45) is 0. The summed E-state index contributed by atoms with van der Waals surface area (Å²) < 4.78 is 51.6. The summed E-state index contributed by atoms with van der Waals surface area (Å²) in [6, 6.07) is 6.05. The van der Waals surface area contributed by atoms with Gasteiger partial charge in [-0.25, -0.2) is 17.2 Å². The summed E-state index contributed by atoms with van der Waals surface area (Å²) in [5.41, 5.74) is -0.472. The van der Waals surface area contributed by atoms with Crippen LogP contribution in [-0.2, 0) is 14.9 Å². The molecule has 0 fully saturated rings. The second kappa shape index (κ2) is 7.44. The second-order valence-corrected chi connectivity index (χ2v) is 7.16. The van der Waals surface area contributed by atoms with E-state index in [0.717, 1.165) is 18.2 Å². The Bertz CT molecular complexity index is 922. The van der Waals surface area contributed by atoms with E-state index in [1.165, 1.54) is 26.3 Å². The molecular weight excluding hydrogens is 378 g/mol. The van der Waals surface area contributed by atoms with Crippen LogP contribution in [0.5, 0.6) is 0 Å². The number of anilines is 1. The number of nitrogens with one attached hydrogen (secondary N) is 1. The van der Waals surface area contributed by atoms with E-state index in [0.29, 0.717) is 10.5 Å². The van der Waals surface area contributed by atoms with Crippen molar-refractivity contribution in [1.29, 1.82) is 0 Å². The first-order valence-electron chi connectivity index (χ1n) is 6.76. The van der Waals surface area contributed by atoms with Gasteiger partial charge in [-0.3, -0.25) is 9.63 Å². The van der Waals surface area contributed by atoms with Crippen molar-refractivity contribution >= 4 is 33.2 Å². The number of carbonyl (C=O) groups excluding carboxylic acids is 1. The molecule has 0 bridgehead atoms. The molecule has 0 radical (unpaired) electrons. The van der Waals surface area contributed by atoms with Gasteiger partial charge in [-0.05, 0) is 30.3 Å². The molecule has 2 aromatic carbocycles. The van der Waals surface area contributed by atoms with Gasteiger partial charge in [-0.1, -0.05) is 16.1 Å². The normalized spacial score (nSPS) is 11.6. The molecule has 0 unspecified atom stereocenters. The van der Waals surface area contributed by atoms with Crippen LogP contribution in [0.2, 0.25) is 5.02 Å². The fraction of sp³-hybridized carbons (Fsp3) is 0.133. The first-order valence-corrected chi connectivity index (χ1v) is 8.57. The Morgan fingerprint density at radius 1 is 1.20 bits per heavy atom. The van der Waals surface area contributed by atoms with Crippen LogP contribution >= 0.6 is 11.6 Å². The van der Waals surface area contributed by atoms with Gasteiger partial charge < -0.3 is 5.32 Å². The van der Waals surface area contributed by atoms with Crippen LogP contribution < -0.4 is 5.32 Å². The van der Waals surface area contributed by atoms with Crippen molar-refractivity contribution in [1.82, 2.24) is 4.47 Å².